The minimum absolute atomic E-state index is 0.0510. The van der Waals surface area contributed by atoms with Crippen molar-refractivity contribution < 1.29 is 4.79 Å². The van der Waals surface area contributed by atoms with E-state index < -0.39 is 5.66 Å². The SMILES string of the molecule is Cc1ccc2c(c1)C(C)(C)[C@]1(/C=C/c3cccc(Cl)c3)NC(=O)CN21. The van der Waals surface area contributed by atoms with Crippen LogP contribution in [0.3, 0.4) is 0 Å². The summed E-state index contributed by atoms with van der Waals surface area (Å²) in [6.45, 7) is 6.87. The highest BCUT2D eigenvalue weighted by Gasteiger charge is 2.59. The minimum Gasteiger partial charge on any atom is -0.335 e. The number of anilines is 1. The predicted octanol–water partition coefficient (Wildman–Crippen LogP) is 4.29. The van der Waals surface area contributed by atoms with Gasteiger partial charge in [-0.25, -0.2) is 0 Å². The fourth-order valence-electron chi connectivity index (χ4n) is 4.11. The van der Waals surface area contributed by atoms with Crippen LogP contribution in [-0.4, -0.2) is 18.1 Å². The van der Waals surface area contributed by atoms with Gasteiger partial charge in [0.1, 0.15) is 5.66 Å². The molecule has 2 aromatic carbocycles. The number of carbonyl (C=O) groups excluding carboxylic acids is 1. The van der Waals surface area contributed by atoms with Crippen molar-refractivity contribution in [3.05, 3.63) is 70.3 Å². The van der Waals surface area contributed by atoms with Crippen LogP contribution in [0.1, 0.15) is 30.5 Å². The van der Waals surface area contributed by atoms with E-state index in [0.29, 0.717) is 11.6 Å². The molecule has 1 N–H and O–H groups in total. The Balaban J connectivity index is 1.85. The molecule has 3 nitrogen and oxygen atoms in total. The number of benzene rings is 2. The third kappa shape index (κ3) is 2.30. The molecular formula is C21H21ClN2O. The zero-order valence-electron chi connectivity index (χ0n) is 14.6. The van der Waals surface area contributed by atoms with E-state index in [1.165, 1.54) is 11.1 Å². The van der Waals surface area contributed by atoms with Gasteiger partial charge in [0.15, 0.2) is 0 Å². The molecule has 25 heavy (non-hydrogen) atoms. The number of aryl methyl sites for hydroxylation is 1. The van der Waals surface area contributed by atoms with Crippen molar-refractivity contribution in [1.29, 1.82) is 0 Å². The summed E-state index contributed by atoms with van der Waals surface area (Å²) in [4.78, 5) is 14.5. The number of nitrogens with zero attached hydrogens (tertiary/aromatic N) is 1. The Labute approximate surface area is 153 Å². The molecule has 0 bridgehead atoms. The Bertz CT molecular complexity index is 903. The van der Waals surface area contributed by atoms with Crippen molar-refractivity contribution in [1.82, 2.24) is 5.32 Å². The zero-order valence-corrected chi connectivity index (χ0v) is 15.4. The minimum atomic E-state index is -0.567. The summed E-state index contributed by atoms with van der Waals surface area (Å²) < 4.78 is 0. The van der Waals surface area contributed by atoms with E-state index in [9.17, 15) is 4.79 Å². The maximum atomic E-state index is 12.3. The number of rotatable bonds is 2. The van der Waals surface area contributed by atoms with E-state index >= 15 is 0 Å². The lowest BCUT2D eigenvalue weighted by Crippen LogP contribution is -2.58. The number of hydrogen-bond acceptors (Lipinski definition) is 2. The molecule has 0 aromatic heterocycles. The number of nitrogens with one attached hydrogen (secondary N) is 1. The van der Waals surface area contributed by atoms with Crippen molar-refractivity contribution in [2.75, 3.05) is 11.4 Å². The maximum absolute atomic E-state index is 12.3. The molecule has 4 heteroatoms. The molecule has 0 saturated carbocycles. The Hall–Kier alpha value is -2.26. The van der Waals surface area contributed by atoms with Crippen LogP contribution in [0.5, 0.6) is 0 Å². The standard InChI is InChI=1S/C21H21ClN2O/c1-14-7-8-18-17(11-14)20(2,3)21(23-19(25)13-24(18)21)10-9-15-5-4-6-16(22)12-15/h4-12H,13H2,1-3H3,(H,23,25)/b10-9+/t21-/m1/s1. The second kappa shape index (κ2) is 5.37. The maximum Gasteiger partial charge on any atom is 0.241 e. The summed E-state index contributed by atoms with van der Waals surface area (Å²) in [7, 11) is 0. The highest BCUT2D eigenvalue weighted by molar-refractivity contribution is 6.30. The van der Waals surface area contributed by atoms with Crippen molar-refractivity contribution in [2.45, 2.75) is 31.8 Å². The molecule has 0 radical (unpaired) electrons. The Morgan fingerprint density at radius 3 is 2.76 bits per heavy atom. The number of carbonyl (C=O) groups is 1. The number of amides is 1. The second-order valence-corrected chi connectivity index (χ2v) is 7.87. The van der Waals surface area contributed by atoms with Gasteiger partial charge in [-0.05, 0) is 42.3 Å². The van der Waals surface area contributed by atoms with Crippen molar-refractivity contribution >= 4 is 29.3 Å². The van der Waals surface area contributed by atoms with Crippen LogP contribution in [0, 0.1) is 6.92 Å². The van der Waals surface area contributed by atoms with Gasteiger partial charge in [-0.1, -0.05) is 61.4 Å². The number of halogens is 1. The Morgan fingerprint density at radius 2 is 2.00 bits per heavy atom. The molecule has 2 aromatic rings. The first kappa shape index (κ1) is 16.2. The average molecular weight is 353 g/mol. The first-order valence-electron chi connectivity index (χ1n) is 8.48. The lowest BCUT2D eigenvalue weighted by molar-refractivity contribution is -0.118. The van der Waals surface area contributed by atoms with Gasteiger partial charge in [-0.3, -0.25) is 4.79 Å². The molecule has 0 spiro atoms. The summed E-state index contributed by atoms with van der Waals surface area (Å²) in [5.74, 6) is 0.0510. The smallest absolute Gasteiger partial charge is 0.241 e. The molecule has 2 aliphatic heterocycles. The van der Waals surface area contributed by atoms with E-state index in [0.717, 1.165) is 11.3 Å². The molecule has 0 unspecified atom stereocenters. The zero-order chi connectivity index (χ0) is 17.8. The number of hydrogen-bond donors (Lipinski definition) is 1. The quantitative estimate of drug-likeness (QED) is 0.874. The van der Waals surface area contributed by atoms with Gasteiger partial charge >= 0.3 is 0 Å². The van der Waals surface area contributed by atoms with Gasteiger partial charge in [0.2, 0.25) is 5.91 Å². The fourth-order valence-corrected chi connectivity index (χ4v) is 4.31. The van der Waals surface area contributed by atoms with Crippen LogP contribution in [0.15, 0.2) is 48.5 Å². The van der Waals surface area contributed by atoms with E-state index in [1.807, 2.05) is 30.3 Å². The number of fused-ring (bicyclic) bond motifs is 3. The summed E-state index contributed by atoms with van der Waals surface area (Å²) in [6.07, 6.45) is 4.16. The van der Waals surface area contributed by atoms with Gasteiger partial charge < -0.3 is 10.2 Å². The third-order valence-corrected chi connectivity index (χ3v) is 5.73. The molecule has 2 heterocycles. The van der Waals surface area contributed by atoms with E-state index in [-0.39, 0.29) is 11.3 Å². The first-order chi connectivity index (χ1) is 11.8. The fraction of sp³-hybridized carbons (Fsp3) is 0.286. The van der Waals surface area contributed by atoms with E-state index in [1.54, 1.807) is 0 Å². The summed E-state index contributed by atoms with van der Waals surface area (Å²) in [5, 5.41) is 3.94. The van der Waals surface area contributed by atoms with Crippen LogP contribution in [0.25, 0.3) is 6.08 Å². The predicted molar refractivity (Wildman–Crippen MR) is 103 cm³/mol. The van der Waals surface area contributed by atoms with Crippen LogP contribution < -0.4 is 10.2 Å². The molecule has 0 aliphatic carbocycles. The normalized spacial score (nSPS) is 23.7. The summed E-state index contributed by atoms with van der Waals surface area (Å²) in [6, 6.07) is 14.2. The first-order valence-corrected chi connectivity index (χ1v) is 8.86. The molecule has 4 rings (SSSR count). The second-order valence-electron chi connectivity index (χ2n) is 7.43. The van der Waals surface area contributed by atoms with Gasteiger partial charge in [-0.15, -0.1) is 0 Å². The molecule has 2 aliphatic rings. The third-order valence-electron chi connectivity index (χ3n) is 5.49. The molecule has 1 saturated heterocycles. The lowest BCUT2D eigenvalue weighted by Gasteiger charge is -2.40. The molecular weight excluding hydrogens is 332 g/mol. The van der Waals surface area contributed by atoms with Gasteiger partial charge in [-0.2, -0.15) is 0 Å². The highest BCUT2D eigenvalue weighted by Crippen LogP contribution is 2.53. The van der Waals surface area contributed by atoms with Crippen LogP contribution in [-0.2, 0) is 10.2 Å². The lowest BCUT2D eigenvalue weighted by atomic mass is 9.75. The monoisotopic (exact) mass is 352 g/mol. The van der Waals surface area contributed by atoms with Crippen LogP contribution in [0.4, 0.5) is 5.69 Å². The van der Waals surface area contributed by atoms with Gasteiger partial charge in [0.05, 0.1) is 6.54 Å². The highest BCUT2D eigenvalue weighted by atomic mass is 35.5. The topological polar surface area (TPSA) is 32.3 Å². The summed E-state index contributed by atoms with van der Waals surface area (Å²) >= 11 is 6.11. The molecule has 1 amide bonds. The summed E-state index contributed by atoms with van der Waals surface area (Å²) in [5.41, 5.74) is 3.82. The van der Waals surface area contributed by atoms with Gasteiger partial charge in [0, 0.05) is 16.1 Å². The van der Waals surface area contributed by atoms with Crippen molar-refractivity contribution in [3.8, 4) is 0 Å². The van der Waals surface area contributed by atoms with Crippen molar-refractivity contribution in [2.24, 2.45) is 0 Å². The van der Waals surface area contributed by atoms with Gasteiger partial charge in [0.25, 0.3) is 0 Å². The Morgan fingerprint density at radius 1 is 1.20 bits per heavy atom. The van der Waals surface area contributed by atoms with E-state index in [4.69, 9.17) is 11.6 Å². The molecule has 1 fully saturated rings. The molecule has 128 valence electrons. The average Bonchev–Trinajstić information content (AvgIpc) is 2.98. The van der Waals surface area contributed by atoms with Crippen LogP contribution >= 0.6 is 11.6 Å². The van der Waals surface area contributed by atoms with E-state index in [2.05, 4.69) is 55.3 Å². The Kier molecular flexibility index (Phi) is 3.48. The molecule has 1 atom stereocenters. The largest absolute Gasteiger partial charge is 0.335 e. The van der Waals surface area contributed by atoms with Crippen LogP contribution in [0.2, 0.25) is 5.02 Å². The van der Waals surface area contributed by atoms with Crippen molar-refractivity contribution in [3.63, 3.8) is 0 Å².